The molecule has 0 aliphatic heterocycles. The van der Waals surface area contributed by atoms with E-state index in [4.69, 9.17) is 10.8 Å². The van der Waals surface area contributed by atoms with E-state index in [1.54, 1.807) is 0 Å². The number of nitrogens with two attached hydrogens (primary N) is 1. The highest BCUT2D eigenvalue weighted by Crippen LogP contribution is 2.13. The number of rotatable bonds is 8. The van der Waals surface area contributed by atoms with Crippen LogP contribution in [0.2, 0.25) is 0 Å². The number of carbonyl (C=O) groups is 2. The minimum atomic E-state index is -1.21. The third-order valence-electron chi connectivity index (χ3n) is 2.83. The average Bonchev–Trinajstić information content (AvgIpc) is 2.25. The monoisotopic (exact) mass is 244 g/mol. The van der Waals surface area contributed by atoms with Crippen LogP contribution >= 0.6 is 0 Å². The van der Waals surface area contributed by atoms with Crippen LogP contribution in [0.15, 0.2) is 0 Å². The topological polar surface area (TPSA) is 92.4 Å². The summed E-state index contributed by atoms with van der Waals surface area (Å²) in [4.78, 5) is 22.9. The Kier molecular flexibility index (Phi) is 6.80. The molecule has 0 saturated carbocycles. The first-order valence-electron chi connectivity index (χ1n) is 6.18. The second-order valence-electron chi connectivity index (χ2n) is 4.63. The zero-order valence-electron chi connectivity index (χ0n) is 11.0. The molecule has 0 fully saturated rings. The first-order valence-corrected chi connectivity index (χ1v) is 6.18. The lowest BCUT2D eigenvalue weighted by Gasteiger charge is -2.27. The molecule has 5 nitrogen and oxygen atoms in total. The van der Waals surface area contributed by atoms with Crippen molar-refractivity contribution in [3.05, 3.63) is 0 Å². The number of carbonyl (C=O) groups excluding carboxylic acids is 1. The summed E-state index contributed by atoms with van der Waals surface area (Å²) in [5.74, 6) is -1.40. The number of carboxylic acid groups (broad SMARTS) is 1. The summed E-state index contributed by atoms with van der Waals surface area (Å²) >= 11 is 0. The van der Waals surface area contributed by atoms with Crippen molar-refractivity contribution < 1.29 is 14.7 Å². The molecule has 1 unspecified atom stereocenters. The Morgan fingerprint density at radius 1 is 1.35 bits per heavy atom. The number of unbranched alkanes of at least 4 members (excludes halogenated alkanes) is 1. The van der Waals surface area contributed by atoms with Crippen molar-refractivity contribution in [2.75, 3.05) is 0 Å². The number of nitrogens with one attached hydrogen (secondary N) is 1. The zero-order chi connectivity index (χ0) is 13.5. The predicted octanol–water partition coefficient (Wildman–Crippen LogP) is 1.26. The van der Waals surface area contributed by atoms with Crippen LogP contribution in [-0.2, 0) is 9.59 Å². The quantitative estimate of drug-likeness (QED) is 0.599. The highest BCUT2D eigenvalue weighted by molar-refractivity contribution is 5.89. The first kappa shape index (κ1) is 15.9. The van der Waals surface area contributed by atoms with Crippen molar-refractivity contribution in [1.29, 1.82) is 0 Å². The molecule has 4 N–H and O–H groups in total. The zero-order valence-corrected chi connectivity index (χ0v) is 11.0. The van der Waals surface area contributed by atoms with Gasteiger partial charge in [0, 0.05) is 0 Å². The maximum Gasteiger partial charge on any atom is 0.329 e. The fourth-order valence-electron chi connectivity index (χ4n) is 1.64. The maximum atomic E-state index is 11.7. The molecule has 0 heterocycles. The molecule has 0 rings (SSSR count). The third kappa shape index (κ3) is 5.17. The molecule has 0 bridgehead atoms. The molecule has 0 aromatic rings. The standard InChI is InChI=1S/C12H24N2O3/c1-4-6-7-9(13)10(15)14-12(3,8-5-2)11(16)17/h9H,4-8,13H2,1-3H3,(H,14,15)(H,16,17)/t9-,12?/m0/s1. The highest BCUT2D eigenvalue weighted by atomic mass is 16.4. The molecule has 0 saturated heterocycles. The Labute approximate surface area is 103 Å². The first-order chi connectivity index (χ1) is 7.87. The highest BCUT2D eigenvalue weighted by Gasteiger charge is 2.34. The molecule has 2 atom stereocenters. The fraction of sp³-hybridized carbons (Fsp3) is 0.833. The van der Waals surface area contributed by atoms with Gasteiger partial charge < -0.3 is 16.2 Å². The maximum absolute atomic E-state index is 11.7. The summed E-state index contributed by atoms with van der Waals surface area (Å²) in [7, 11) is 0. The summed E-state index contributed by atoms with van der Waals surface area (Å²) in [6.07, 6.45) is 3.50. The van der Waals surface area contributed by atoms with Crippen LogP contribution in [-0.4, -0.2) is 28.6 Å². The van der Waals surface area contributed by atoms with Gasteiger partial charge >= 0.3 is 5.97 Å². The van der Waals surface area contributed by atoms with Gasteiger partial charge in [0.25, 0.3) is 0 Å². The lowest BCUT2D eigenvalue weighted by molar-refractivity contribution is -0.147. The van der Waals surface area contributed by atoms with E-state index in [0.29, 0.717) is 19.3 Å². The predicted molar refractivity (Wildman–Crippen MR) is 66.6 cm³/mol. The SMILES string of the molecule is CCCC[C@H](N)C(=O)NC(C)(CCC)C(=O)O. The fourth-order valence-corrected chi connectivity index (χ4v) is 1.64. The molecule has 17 heavy (non-hydrogen) atoms. The van der Waals surface area contributed by atoms with Gasteiger partial charge in [0.2, 0.25) is 5.91 Å². The van der Waals surface area contributed by atoms with Crippen LogP contribution < -0.4 is 11.1 Å². The minimum Gasteiger partial charge on any atom is -0.480 e. The van der Waals surface area contributed by atoms with Gasteiger partial charge in [0.1, 0.15) is 5.54 Å². The van der Waals surface area contributed by atoms with E-state index in [9.17, 15) is 9.59 Å². The average molecular weight is 244 g/mol. The van der Waals surface area contributed by atoms with E-state index in [2.05, 4.69) is 5.32 Å². The largest absolute Gasteiger partial charge is 0.480 e. The Hall–Kier alpha value is -1.10. The minimum absolute atomic E-state index is 0.378. The van der Waals surface area contributed by atoms with Crippen LogP contribution in [0.4, 0.5) is 0 Å². The second kappa shape index (κ2) is 7.27. The lowest BCUT2D eigenvalue weighted by atomic mass is 9.95. The van der Waals surface area contributed by atoms with Crippen molar-refractivity contribution in [1.82, 2.24) is 5.32 Å². The number of hydrogen-bond acceptors (Lipinski definition) is 3. The van der Waals surface area contributed by atoms with Gasteiger partial charge in [-0.15, -0.1) is 0 Å². The van der Waals surface area contributed by atoms with Crippen molar-refractivity contribution in [3.63, 3.8) is 0 Å². The second-order valence-corrected chi connectivity index (χ2v) is 4.63. The molecule has 0 aromatic carbocycles. The summed E-state index contributed by atoms with van der Waals surface area (Å²) in [6, 6.07) is -0.620. The normalized spacial score (nSPS) is 16.0. The van der Waals surface area contributed by atoms with Gasteiger partial charge in [-0.3, -0.25) is 4.79 Å². The summed E-state index contributed by atoms with van der Waals surface area (Å²) in [6.45, 7) is 5.41. The number of aliphatic carboxylic acids is 1. The third-order valence-corrected chi connectivity index (χ3v) is 2.83. The molecular weight excluding hydrogens is 220 g/mol. The molecular formula is C12H24N2O3. The van der Waals surface area contributed by atoms with Crippen LogP contribution in [0.3, 0.4) is 0 Å². The lowest BCUT2D eigenvalue weighted by Crippen LogP contribution is -2.56. The molecule has 0 aromatic heterocycles. The van der Waals surface area contributed by atoms with Crippen molar-refractivity contribution >= 4 is 11.9 Å². The van der Waals surface area contributed by atoms with E-state index < -0.39 is 17.6 Å². The number of amides is 1. The summed E-state index contributed by atoms with van der Waals surface area (Å²) in [5.41, 5.74) is 4.49. The molecule has 0 aliphatic rings. The summed E-state index contributed by atoms with van der Waals surface area (Å²) in [5, 5.41) is 11.7. The Morgan fingerprint density at radius 3 is 2.35 bits per heavy atom. The number of carboxylic acids is 1. The Bertz CT molecular complexity index is 268. The number of hydrogen-bond donors (Lipinski definition) is 3. The van der Waals surface area contributed by atoms with E-state index in [1.807, 2.05) is 13.8 Å². The van der Waals surface area contributed by atoms with Crippen molar-refractivity contribution in [2.24, 2.45) is 5.73 Å². The molecule has 0 radical (unpaired) electrons. The Morgan fingerprint density at radius 2 is 1.94 bits per heavy atom. The van der Waals surface area contributed by atoms with Gasteiger partial charge in [-0.1, -0.05) is 33.1 Å². The summed E-state index contributed by atoms with van der Waals surface area (Å²) < 4.78 is 0. The van der Waals surface area contributed by atoms with Crippen molar-refractivity contribution in [3.8, 4) is 0 Å². The van der Waals surface area contributed by atoms with Gasteiger partial charge in [0.05, 0.1) is 6.04 Å². The van der Waals surface area contributed by atoms with E-state index >= 15 is 0 Å². The van der Waals surface area contributed by atoms with Gasteiger partial charge in [-0.05, 0) is 19.8 Å². The Balaban J connectivity index is 4.45. The van der Waals surface area contributed by atoms with Crippen LogP contribution in [0.1, 0.15) is 52.9 Å². The van der Waals surface area contributed by atoms with Gasteiger partial charge in [-0.2, -0.15) is 0 Å². The smallest absolute Gasteiger partial charge is 0.329 e. The van der Waals surface area contributed by atoms with Crippen LogP contribution in [0.25, 0.3) is 0 Å². The molecule has 5 heteroatoms. The van der Waals surface area contributed by atoms with E-state index in [-0.39, 0.29) is 5.91 Å². The molecule has 0 spiro atoms. The molecule has 100 valence electrons. The van der Waals surface area contributed by atoms with Crippen LogP contribution in [0.5, 0.6) is 0 Å². The molecule has 0 aliphatic carbocycles. The van der Waals surface area contributed by atoms with E-state index in [1.165, 1.54) is 6.92 Å². The van der Waals surface area contributed by atoms with E-state index in [0.717, 1.165) is 12.8 Å². The van der Waals surface area contributed by atoms with Gasteiger partial charge in [-0.25, -0.2) is 4.79 Å². The van der Waals surface area contributed by atoms with Gasteiger partial charge in [0.15, 0.2) is 0 Å². The molecule has 1 amide bonds. The van der Waals surface area contributed by atoms with Crippen LogP contribution in [0, 0.1) is 0 Å². The van der Waals surface area contributed by atoms with Crippen molar-refractivity contribution in [2.45, 2.75) is 64.5 Å².